The van der Waals surface area contributed by atoms with Crippen molar-refractivity contribution in [3.05, 3.63) is 34.8 Å². The highest BCUT2D eigenvalue weighted by Crippen LogP contribution is 2.27. The molecule has 0 saturated carbocycles. The predicted molar refractivity (Wildman–Crippen MR) is 73.5 cm³/mol. The fraction of sp³-hybridized carbons (Fsp3) is 0.0909. The molecular weight excluding hydrogens is 252 g/mol. The van der Waals surface area contributed by atoms with E-state index in [1.807, 2.05) is 29.1 Å². The number of benzene rings is 1. The first kappa shape index (κ1) is 10.5. The minimum Gasteiger partial charge on any atom is -0.399 e. The van der Waals surface area contributed by atoms with Gasteiger partial charge in [-0.25, -0.2) is 9.97 Å². The van der Waals surface area contributed by atoms with Gasteiger partial charge in [0.15, 0.2) is 5.13 Å². The van der Waals surface area contributed by atoms with Crippen molar-refractivity contribution in [2.75, 3.05) is 11.1 Å². The number of fused-ring (bicyclic) bond motifs is 1. The maximum absolute atomic E-state index is 5.73. The monoisotopic (exact) mass is 262 g/mol. The second-order valence-electron chi connectivity index (χ2n) is 3.58. The van der Waals surface area contributed by atoms with Gasteiger partial charge in [-0.1, -0.05) is 11.3 Å². The molecule has 0 fully saturated rings. The number of nitrogens with two attached hydrogens (primary N) is 1. The molecule has 17 heavy (non-hydrogen) atoms. The third-order valence-electron chi connectivity index (χ3n) is 2.32. The Morgan fingerprint density at radius 3 is 3.12 bits per heavy atom. The molecular formula is C11H10N4S2. The van der Waals surface area contributed by atoms with E-state index >= 15 is 0 Å². The molecule has 3 aromatic rings. The second-order valence-corrected chi connectivity index (χ2v) is 5.33. The number of hydrogen-bond donors (Lipinski definition) is 2. The Labute approximate surface area is 106 Å². The zero-order valence-corrected chi connectivity index (χ0v) is 10.5. The summed E-state index contributed by atoms with van der Waals surface area (Å²) in [6, 6.07) is 5.75. The van der Waals surface area contributed by atoms with Crippen LogP contribution in [0.5, 0.6) is 0 Å². The smallest absolute Gasteiger partial charge is 0.184 e. The molecule has 4 nitrogen and oxygen atoms in total. The molecule has 0 aliphatic heterocycles. The number of rotatable bonds is 3. The fourth-order valence-corrected chi connectivity index (χ4v) is 2.98. The van der Waals surface area contributed by atoms with Crippen LogP contribution >= 0.6 is 22.7 Å². The Morgan fingerprint density at radius 2 is 2.29 bits per heavy atom. The van der Waals surface area contributed by atoms with E-state index in [1.165, 1.54) is 0 Å². The summed E-state index contributed by atoms with van der Waals surface area (Å²) in [5, 5.41) is 6.19. The first-order chi connectivity index (χ1) is 8.31. The van der Waals surface area contributed by atoms with Crippen LogP contribution in [0, 0.1) is 0 Å². The Bertz CT molecular complexity index is 630. The van der Waals surface area contributed by atoms with E-state index in [4.69, 9.17) is 5.73 Å². The summed E-state index contributed by atoms with van der Waals surface area (Å²) in [6.07, 6.45) is 0. The van der Waals surface area contributed by atoms with Gasteiger partial charge in [-0.05, 0) is 18.2 Å². The van der Waals surface area contributed by atoms with Crippen molar-refractivity contribution >= 4 is 43.7 Å². The number of aromatic nitrogens is 2. The molecule has 86 valence electrons. The molecule has 0 unspecified atom stereocenters. The van der Waals surface area contributed by atoms with Gasteiger partial charge in [0.2, 0.25) is 0 Å². The first-order valence-electron chi connectivity index (χ1n) is 5.08. The van der Waals surface area contributed by atoms with E-state index in [1.54, 1.807) is 22.7 Å². The van der Waals surface area contributed by atoms with E-state index in [0.29, 0.717) is 6.54 Å². The molecule has 0 spiro atoms. The molecule has 0 saturated heterocycles. The molecule has 3 rings (SSSR count). The standard InChI is InChI=1S/C11H10N4S2/c12-7-1-2-9-10(3-7)17-11(15-9)13-4-8-5-16-6-14-8/h1-3,5-6H,4,12H2,(H,13,15). The van der Waals surface area contributed by atoms with E-state index in [0.717, 1.165) is 26.7 Å². The number of nitrogen functional groups attached to an aromatic ring is 1. The molecule has 0 bridgehead atoms. The quantitative estimate of drug-likeness (QED) is 0.712. The normalized spacial score (nSPS) is 10.8. The van der Waals surface area contributed by atoms with Crippen molar-refractivity contribution in [3.63, 3.8) is 0 Å². The summed E-state index contributed by atoms with van der Waals surface area (Å²) in [6.45, 7) is 0.707. The largest absolute Gasteiger partial charge is 0.399 e. The maximum Gasteiger partial charge on any atom is 0.184 e. The summed E-state index contributed by atoms with van der Waals surface area (Å²) in [7, 11) is 0. The van der Waals surface area contributed by atoms with Crippen LogP contribution < -0.4 is 11.1 Å². The van der Waals surface area contributed by atoms with Crippen LogP contribution in [0.4, 0.5) is 10.8 Å². The molecule has 6 heteroatoms. The topological polar surface area (TPSA) is 63.8 Å². The van der Waals surface area contributed by atoms with Crippen molar-refractivity contribution in [2.45, 2.75) is 6.54 Å². The van der Waals surface area contributed by atoms with Gasteiger partial charge in [0.25, 0.3) is 0 Å². The second kappa shape index (κ2) is 4.31. The third-order valence-corrected chi connectivity index (χ3v) is 3.93. The summed E-state index contributed by atoms with van der Waals surface area (Å²) in [5.41, 5.74) is 10.3. The fourth-order valence-electron chi connectivity index (χ4n) is 1.51. The SMILES string of the molecule is Nc1ccc2nc(NCc3cscn3)sc2c1. The van der Waals surface area contributed by atoms with E-state index in [9.17, 15) is 0 Å². The molecule has 0 aliphatic carbocycles. The number of hydrogen-bond acceptors (Lipinski definition) is 6. The van der Waals surface area contributed by atoms with E-state index in [2.05, 4.69) is 15.3 Å². The van der Waals surface area contributed by atoms with Crippen LogP contribution in [0.25, 0.3) is 10.2 Å². The Balaban J connectivity index is 1.81. The molecule has 3 N–H and O–H groups in total. The van der Waals surface area contributed by atoms with Gasteiger partial charge in [0.05, 0.1) is 28.0 Å². The van der Waals surface area contributed by atoms with Gasteiger partial charge in [-0.3, -0.25) is 0 Å². The zero-order valence-electron chi connectivity index (χ0n) is 8.88. The molecule has 0 aliphatic rings. The summed E-state index contributed by atoms with van der Waals surface area (Å²) in [4.78, 5) is 8.69. The summed E-state index contributed by atoms with van der Waals surface area (Å²) in [5.74, 6) is 0. The minimum atomic E-state index is 0.707. The average Bonchev–Trinajstić information content (AvgIpc) is 2.94. The van der Waals surface area contributed by atoms with Crippen LogP contribution in [-0.4, -0.2) is 9.97 Å². The Hall–Kier alpha value is -1.66. The molecule has 0 atom stereocenters. The van der Waals surface area contributed by atoms with Gasteiger partial charge in [0.1, 0.15) is 0 Å². The molecule has 0 radical (unpaired) electrons. The van der Waals surface area contributed by atoms with Gasteiger partial charge in [0, 0.05) is 11.1 Å². The highest BCUT2D eigenvalue weighted by molar-refractivity contribution is 7.22. The van der Waals surface area contributed by atoms with E-state index in [-0.39, 0.29) is 0 Å². The lowest BCUT2D eigenvalue weighted by Crippen LogP contribution is -1.98. The van der Waals surface area contributed by atoms with Crippen LogP contribution in [0.2, 0.25) is 0 Å². The lowest BCUT2D eigenvalue weighted by atomic mass is 10.3. The first-order valence-corrected chi connectivity index (χ1v) is 6.84. The van der Waals surface area contributed by atoms with Crippen molar-refractivity contribution in [3.8, 4) is 0 Å². The summed E-state index contributed by atoms with van der Waals surface area (Å²) >= 11 is 3.20. The maximum atomic E-state index is 5.73. The number of thiazole rings is 2. The minimum absolute atomic E-state index is 0.707. The lowest BCUT2D eigenvalue weighted by Gasteiger charge is -1.97. The average molecular weight is 262 g/mol. The number of nitrogens with one attached hydrogen (secondary N) is 1. The molecule has 2 aromatic heterocycles. The van der Waals surface area contributed by atoms with Crippen molar-refractivity contribution in [1.82, 2.24) is 9.97 Å². The zero-order chi connectivity index (χ0) is 11.7. The third kappa shape index (κ3) is 2.22. The highest BCUT2D eigenvalue weighted by Gasteiger charge is 2.04. The number of nitrogens with zero attached hydrogens (tertiary/aromatic N) is 2. The van der Waals surface area contributed by atoms with Crippen LogP contribution in [-0.2, 0) is 6.54 Å². The Morgan fingerprint density at radius 1 is 1.35 bits per heavy atom. The highest BCUT2D eigenvalue weighted by atomic mass is 32.1. The summed E-state index contributed by atoms with van der Waals surface area (Å²) < 4.78 is 1.10. The van der Waals surface area contributed by atoms with Gasteiger partial charge >= 0.3 is 0 Å². The van der Waals surface area contributed by atoms with Gasteiger partial charge in [-0.15, -0.1) is 11.3 Å². The van der Waals surface area contributed by atoms with Crippen LogP contribution in [0.15, 0.2) is 29.1 Å². The van der Waals surface area contributed by atoms with Crippen LogP contribution in [0.3, 0.4) is 0 Å². The van der Waals surface area contributed by atoms with Crippen molar-refractivity contribution in [2.24, 2.45) is 0 Å². The molecule has 1 aromatic carbocycles. The molecule has 0 amide bonds. The number of anilines is 2. The van der Waals surface area contributed by atoms with Crippen molar-refractivity contribution < 1.29 is 0 Å². The van der Waals surface area contributed by atoms with Crippen LogP contribution in [0.1, 0.15) is 5.69 Å². The molecule has 2 heterocycles. The van der Waals surface area contributed by atoms with Gasteiger partial charge < -0.3 is 11.1 Å². The van der Waals surface area contributed by atoms with E-state index < -0.39 is 0 Å². The Kier molecular flexibility index (Phi) is 2.66. The van der Waals surface area contributed by atoms with Gasteiger partial charge in [-0.2, -0.15) is 0 Å². The lowest BCUT2D eigenvalue weighted by molar-refractivity contribution is 1.07. The van der Waals surface area contributed by atoms with Crippen molar-refractivity contribution in [1.29, 1.82) is 0 Å². The predicted octanol–water partition coefficient (Wildman–Crippen LogP) is 2.95.